The Morgan fingerprint density at radius 1 is 1.10 bits per heavy atom. The van der Waals surface area contributed by atoms with Crippen LogP contribution < -0.4 is 4.90 Å². The number of aromatic nitrogens is 3. The lowest BCUT2D eigenvalue weighted by molar-refractivity contribution is 0.0715. The first kappa shape index (κ1) is 18.9. The van der Waals surface area contributed by atoms with Crippen molar-refractivity contribution in [3.63, 3.8) is 0 Å². The van der Waals surface area contributed by atoms with Gasteiger partial charge in [0.1, 0.15) is 18.0 Å². The molecule has 1 amide bonds. The Kier molecular flexibility index (Phi) is 4.83. The Morgan fingerprint density at radius 2 is 2.00 bits per heavy atom. The molecule has 2 aliphatic heterocycles. The van der Waals surface area contributed by atoms with E-state index in [9.17, 15) is 9.18 Å². The number of nitrogens with zero attached hydrogens (tertiary/aromatic N) is 5. The molecule has 0 spiro atoms. The molecule has 6 nitrogen and oxygen atoms in total. The zero-order valence-corrected chi connectivity index (χ0v) is 16.8. The quantitative estimate of drug-likeness (QED) is 0.644. The van der Waals surface area contributed by atoms with Gasteiger partial charge >= 0.3 is 0 Å². The van der Waals surface area contributed by atoms with Gasteiger partial charge in [-0.25, -0.2) is 14.4 Å². The SMILES string of the molecule is O=C(c1cncc(Cl)c1)N1C[C@@H]2CN(c3ccncn3)C[C@@H]2[C@H]1c1cccc(F)c1. The lowest BCUT2D eigenvalue weighted by atomic mass is 9.89. The normalized spacial score (nSPS) is 22.9. The van der Waals surface area contributed by atoms with Gasteiger partial charge in [-0.2, -0.15) is 0 Å². The average molecular weight is 424 g/mol. The summed E-state index contributed by atoms with van der Waals surface area (Å²) in [6, 6.07) is 9.81. The summed E-state index contributed by atoms with van der Waals surface area (Å²) in [5.74, 6) is 0.845. The second-order valence-corrected chi connectivity index (χ2v) is 8.18. The van der Waals surface area contributed by atoms with Crippen LogP contribution in [0.2, 0.25) is 5.02 Å². The van der Waals surface area contributed by atoms with Crippen molar-refractivity contribution in [2.24, 2.45) is 11.8 Å². The van der Waals surface area contributed by atoms with E-state index in [1.807, 2.05) is 17.0 Å². The van der Waals surface area contributed by atoms with E-state index < -0.39 is 0 Å². The molecule has 0 unspecified atom stereocenters. The molecule has 2 fully saturated rings. The van der Waals surface area contributed by atoms with Crippen molar-refractivity contribution < 1.29 is 9.18 Å². The van der Waals surface area contributed by atoms with Crippen LogP contribution in [0, 0.1) is 17.7 Å². The van der Waals surface area contributed by atoms with E-state index in [1.165, 1.54) is 30.9 Å². The second-order valence-electron chi connectivity index (χ2n) is 7.75. The summed E-state index contributed by atoms with van der Waals surface area (Å²) in [6.07, 6.45) is 6.29. The first-order chi connectivity index (χ1) is 14.6. The number of carbonyl (C=O) groups excluding carboxylic acids is 1. The van der Waals surface area contributed by atoms with Crippen molar-refractivity contribution in [2.45, 2.75) is 6.04 Å². The number of anilines is 1. The Morgan fingerprint density at radius 3 is 2.77 bits per heavy atom. The third kappa shape index (κ3) is 3.39. The number of fused-ring (bicyclic) bond motifs is 1. The highest BCUT2D eigenvalue weighted by Crippen LogP contribution is 2.46. The maximum atomic E-state index is 14.1. The van der Waals surface area contributed by atoms with E-state index in [0.717, 1.165) is 24.5 Å². The molecule has 2 saturated heterocycles. The summed E-state index contributed by atoms with van der Waals surface area (Å²) < 4.78 is 14.1. The van der Waals surface area contributed by atoms with Crippen molar-refractivity contribution >= 4 is 23.3 Å². The van der Waals surface area contributed by atoms with Crippen LogP contribution in [0.25, 0.3) is 0 Å². The molecule has 3 atom stereocenters. The highest BCUT2D eigenvalue weighted by molar-refractivity contribution is 6.30. The molecule has 0 radical (unpaired) electrons. The molecule has 30 heavy (non-hydrogen) atoms. The molecule has 0 saturated carbocycles. The first-order valence-corrected chi connectivity index (χ1v) is 10.2. The van der Waals surface area contributed by atoms with Gasteiger partial charge in [-0.05, 0) is 29.8 Å². The molecule has 0 N–H and O–H groups in total. The van der Waals surface area contributed by atoms with Crippen LogP contribution in [-0.2, 0) is 0 Å². The molecule has 5 rings (SSSR count). The van der Waals surface area contributed by atoms with Gasteiger partial charge in [0.25, 0.3) is 5.91 Å². The number of benzene rings is 1. The van der Waals surface area contributed by atoms with Crippen LogP contribution in [0.3, 0.4) is 0 Å². The first-order valence-electron chi connectivity index (χ1n) is 9.78. The summed E-state index contributed by atoms with van der Waals surface area (Å²) in [4.78, 5) is 29.8. The molecule has 4 heterocycles. The molecule has 1 aromatic carbocycles. The zero-order chi connectivity index (χ0) is 20.7. The molecule has 8 heteroatoms. The van der Waals surface area contributed by atoms with E-state index in [0.29, 0.717) is 17.1 Å². The van der Waals surface area contributed by atoms with Gasteiger partial charge in [0, 0.05) is 50.1 Å². The van der Waals surface area contributed by atoms with Gasteiger partial charge in [-0.15, -0.1) is 0 Å². The molecule has 0 bridgehead atoms. The highest BCUT2D eigenvalue weighted by Gasteiger charge is 2.49. The number of amides is 1. The van der Waals surface area contributed by atoms with E-state index in [-0.39, 0.29) is 29.6 Å². The van der Waals surface area contributed by atoms with Crippen LogP contribution in [-0.4, -0.2) is 45.4 Å². The van der Waals surface area contributed by atoms with E-state index in [2.05, 4.69) is 19.9 Å². The lowest BCUT2D eigenvalue weighted by Crippen LogP contribution is -2.36. The summed E-state index contributed by atoms with van der Waals surface area (Å²) in [6.45, 7) is 2.10. The van der Waals surface area contributed by atoms with Gasteiger partial charge in [-0.3, -0.25) is 9.78 Å². The number of carbonyl (C=O) groups is 1. The minimum atomic E-state index is -0.307. The molecule has 3 aromatic rings. The molecule has 2 aliphatic rings. The summed E-state index contributed by atoms with van der Waals surface area (Å²) in [5.41, 5.74) is 1.24. The average Bonchev–Trinajstić information content (AvgIpc) is 3.32. The number of rotatable bonds is 3. The monoisotopic (exact) mass is 423 g/mol. The van der Waals surface area contributed by atoms with Gasteiger partial charge < -0.3 is 9.80 Å². The number of pyridine rings is 1. The van der Waals surface area contributed by atoms with Crippen LogP contribution in [0.15, 0.2) is 61.3 Å². The molecule has 0 aliphatic carbocycles. The third-order valence-electron chi connectivity index (χ3n) is 5.96. The van der Waals surface area contributed by atoms with Crippen molar-refractivity contribution in [1.82, 2.24) is 19.9 Å². The smallest absolute Gasteiger partial charge is 0.256 e. The van der Waals surface area contributed by atoms with Crippen LogP contribution in [0.1, 0.15) is 22.0 Å². The highest BCUT2D eigenvalue weighted by atomic mass is 35.5. The number of halogens is 2. The number of hydrogen-bond acceptors (Lipinski definition) is 5. The molecular weight excluding hydrogens is 405 g/mol. The molecular formula is C22H19ClFN5O. The Hall–Kier alpha value is -3.06. The maximum absolute atomic E-state index is 14.1. The predicted octanol–water partition coefficient (Wildman–Crippen LogP) is 3.61. The minimum absolute atomic E-state index is 0.137. The number of likely N-dealkylation sites (tertiary alicyclic amines) is 1. The van der Waals surface area contributed by atoms with Gasteiger partial charge in [0.15, 0.2) is 0 Å². The van der Waals surface area contributed by atoms with E-state index in [1.54, 1.807) is 18.3 Å². The largest absolute Gasteiger partial charge is 0.356 e. The predicted molar refractivity (Wildman–Crippen MR) is 111 cm³/mol. The van der Waals surface area contributed by atoms with E-state index in [4.69, 9.17) is 11.6 Å². The fourth-order valence-corrected chi connectivity index (χ4v) is 4.90. The van der Waals surface area contributed by atoms with Crippen molar-refractivity contribution in [1.29, 1.82) is 0 Å². The fraction of sp³-hybridized carbons (Fsp3) is 0.273. The van der Waals surface area contributed by atoms with Crippen LogP contribution in [0.5, 0.6) is 0 Å². The topological polar surface area (TPSA) is 62.2 Å². The molecule has 2 aromatic heterocycles. The van der Waals surface area contributed by atoms with Gasteiger partial charge in [0.2, 0.25) is 0 Å². The van der Waals surface area contributed by atoms with Gasteiger partial charge in [0.05, 0.1) is 16.6 Å². The van der Waals surface area contributed by atoms with Crippen molar-refractivity contribution in [2.75, 3.05) is 24.5 Å². The summed E-state index contributed by atoms with van der Waals surface area (Å²) in [7, 11) is 0. The Labute approximate surface area is 178 Å². The van der Waals surface area contributed by atoms with Crippen molar-refractivity contribution in [3.05, 3.63) is 83.3 Å². The van der Waals surface area contributed by atoms with Crippen LogP contribution >= 0.6 is 11.6 Å². The lowest BCUT2D eigenvalue weighted by Gasteiger charge is -2.30. The minimum Gasteiger partial charge on any atom is -0.356 e. The zero-order valence-electron chi connectivity index (χ0n) is 16.0. The summed E-state index contributed by atoms with van der Waals surface area (Å²) in [5, 5.41) is 0.414. The second kappa shape index (κ2) is 7.65. The standard InChI is InChI=1S/C22H19ClFN5O/c23-17-6-15(8-26-9-17)22(30)29-11-16-10-28(20-4-5-25-13-27-20)12-19(16)21(29)14-2-1-3-18(24)7-14/h1-9,13,16,19,21H,10-12H2/t16-,19-,21+/m0/s1. The Balaban J connectivity index is 1.49. The fourth-order valence-electron chi connectivity index (χ4n) is 4.72. The Bertz CT molecular complexity index is 1080. The van der Waals surface area contributed by atoms with Crippen molar-refractivity contribution in [3.8, 4) is 0 Å². The summed E-state index contributed by atoms with van der Waals surface area (Å²) >= 11 is 6.05. The van der Waals surface area contributed by atoms with Crippen LogP contribution in [0.4, 0.5) is 10.2 Å². The maximum Gasteiger partial charge on any atom is 0.256 e. The van der Waals surface area contributed by atoms with Gasteiger partial charge in [-0.1, -0.05) is 23.7 Å². The number of hydrogen-bond donors (Lipinski definition) is 0. The van der Waals surface area contributed by atoms with E-state index >= 15 is 0 Å². The third-order valence-corrected chi connectivity index (χ3v) is 6.16. The molecule has 152 valence electrons.